The number of hydrogen-bond donors (Lipinski definition) is 2. The maximum absolute atomic E-state index is 12.0. The summed E-state index contributed by atoms with van der Waals surface area (Å²) >= 11 is 1.62. The van der Waals surface area contributed by atoms with Gasteiger partial charge in [-0.25, -0.2) is 0 Å². The zero-order valence-electron chi connectivity index (χ0n) is 13.3. The number of thiophene rings is 1. The van der Waals surface area contributed by atoms with Crippen molar-refractivity contribution in [2.24, 2.45) is 5.73 Å². The summed E-state index contributed by atoms with van der Waals surface area (Å²) in [5, 5.41) is 13.2. The van der Waals surface area contributed by atoms with Gasteiger partial charge >= 0.3 is 0 Å². The number of rotatable bonds is 8. The van der Waals surface area contributed by atoms with Crippen molar-refractivity contribution in [2.75, 3.05) is 6.61 Å². The molecule has 0 aliphatic heterocycles. The van der Waals surface area contributed by atoms with E-state index in [2.05, 4.69) is 16.9 Å². The fourth-order valence-electron chi connectivity index (χ4n) is 2.95. The van der Waals surface area contributed by atoms with Crippen LogP contribution in [0.2, 0.25) is 0 Å². The molecule has 3 N–H and O–H groups in total. The van der Waals surface area contributed by atoms with Gasteiger partial charge < -0.3 is 15.4 Å². The van der Waals surface area contributed by atoms with E-state index in [0.29, 0.717) is 18.5 Å². The van der Waals surface area contributed by atoms with Crippen LogP contribution in [0.3, 0.4) is 0 Å². The quantitative estimate of drug-likeness (QED) is 0.783. The Morgan fingerprint density at radius 1 is 1.41 bits per heavy atom. The third-order valence-electron chi connectivity index (χ3n) is 3.99. The first kappa shape index (κ1) is 16.8. The normalized spacial score (nSPS) is 11.0. The number of carbonyl (C=O) groups is 1. The Hall–Kier alpha value is -1.59. The molecule has 0 unspecified atom stereocenters. The van der Waals surface area contributed by atoms with Crippen molar-refractivity contribution in [3.63, 3.8) is 0 Å². The third kappa shape index (κ3) is 3.25. The van der Waals surface area contributed by atoms with Crippen molar-refractivity contribution in [1.29, 1.82) is 0 Å². The van der Waals surface area contributed by atoms with Crippen LogP contribution in [0.5, 0.6) is 0 Å². The Balaban J connectivity index is 2.62. The predicted octanol–water partition coefficient (Wildman–Crippen LogP) is 3.35. The van der Waals surface area contributed by atoms with Crippen molar-refractivity contribution in [3.8, 4) is 11.1 Å². The van der Waals surface area contributed by atoms with Crippen molar-refractivity contribution < 1.29 is 9.90 Å². The highest BCUT2D eigenvalue weighted by atomic mass is 32.1. The Bertz CT molecular complexity index is 630. The molecule has 1 amide bonds. The van der Waals surface area contributed by atoms with E-state index in [4.69, 9.17) is 10.8 Å². The number of aromatic nitrogens is 1. The Morgan fingerprint density at radius 2 is 2.18 bits per heavy atom. The fraction of sp³-hybridized carbons (Fsp3) is 0.471. The van der Waals surface area contributed by atoms with Crippen LogP contribution in [0.15, 0.2) is 16.8 Å². The first-order valence-corrected chi connectivity index (χ1v) is 8.71. The van der Waals surface area contributed by atoms with Gasteiger partial charge in [0.2, 0.25) is 0 Å². The maximum Gasteiger partial charge on any atom is 0.251 e. The molecule has 0 saturated carbocycles. The molecule has 0 spiro atoms. The molecule has 0 aliphatic carbocycles. The molecule has 120 valence electrons. The molecule has 0 radical (unpaired) electrons. The van der Waals surface area contributed by atoms with Crippen molar-refractivity contribution in [2.45, 2.75) is 46.1 Å². The number of aliphatic hydroxyl groups is 1. The fourth-order valence-corrected chi connectivity index (χ4v) is 3.60. The van der Waals surface area contributed by atoms with E-state index in [1.165, 1.54) is 5.69 Å². The van der Waals surface area contributed by atoms with Gasteiger partial charge in [0, 0.05) is 30.1 Å². The summed E-state index contributed by atoms with van der Waals surface area (Å²) in [6.45, 7) is 4.96. The maximum atomic E-state index is 12.0. The average Bonchev–Trinajstić information content (AvgIpc) is 3.09. The van der Waals surface area contributed by atoms with Crippen LogP contribution in [0, 0.1) is 6.92 Å². The lowest BCUT2D eigenvalue weighted by Gasteiger charge is -2.12. The largest absolute Gasteiger partial charge is 0.396 e. The Morgan fingerprint density at radius 3 is 2.73 bits per heavy atom. The van der Waals surface area contributed by atoms with E-state index in [0.717, 1.165) is 36.1 Å². The minimum atomic E-state index is -0.376. The Kier molecular flexibility index (Phi) is 5.80. The van der Waals surface area contributed by atoms with Gasteiger partial charge in [-0.05, 0) is 48.6 Å². The van der Waals surface area contributed by atoms with E-state index in [-0.39, 0.29) is 12.5 Å². The van der Waals surface area contributed by atoms with Gasteiger partial charge in [0.1, 0.15) is 0 Å². The van der Waals surface area contributed by atoms with Crippen LogP contribution < -0.4 is 5.73 Å². The third-order valence-corrected chi connectivity index (χ3v) is 4.68. The van der Waals surface area contributed by atoms with Crippen molar-refractivity contribution in [3.05, 3.63) is 33.8 Å². The number of carbonyl (C=O) groups excluding carboxylic acids is 1. The Labute approximate surface area is 135 Å². The number of unbranched alkanes of at least 4 members (excludes halogenated alkanes) is 1. The second-order valence-corrected chi connectivity index (χ2v) is 6.27. The summed E-state index contributed by atoms with van der Waals surface area (Å²) in [6, 6.07) is 2.04. The SMILES string of the molecule is CCCCc1c(-c2ccsc2)c(C(N)=O)c(C)n1CCCO. The molecule has 0 fully saturated rings. The molecule has 5 heteroatoms. The molecule has 0 bridgehead atoms. The topological polar surface area (TPSA) is 68.2 Å². The molecule has 2 aromatic rings. The number of nitrogens with zero attached hydrogens (tertiary/aromatic N) is 1. The molecule has 22 heavy (non-hydrogen) atoms. The molecule has 0 aromatic carbocycles. The number of amides is 1. The van der Waals surface area contributed by atoms with Crippen LogP contribution in [-0.4, -0.2) is 22.2 Å². The van der Waals surface area contributed by atoms with Gasteiger partial charge in [-0.15, -0.1) is 0 Å². The lowest BCUT2D eigenvalue weighted by molar-refractivity contribution is 0.1000. The van der Waals surface area contributed by atoms with Crippen LogP contribution in [-0.2, 0) is 13.0 Å². The van der Waals surface area contributed by atoms with Crippen molar-refractivity contribution in [1.82, 2.24) is 4.57 Å². The molecular weight excluding hydrogens is 296 g/mol. The van der Waals surface area contributed by atoms with Gasteiger partial charge in [-0.2, -0.15) is 11.3 Å². The van der Waals surface area contributed by atoms with Crippen molar-refractivity contribution >= 4 is 17.2 Å². The monoisotopic (exact) mass is 320 g/mol. The van der Waals surface area contributed by atoms with E-state index in [1.54, 1.807) is 11.3 Å². The highest BCUT2D eigenvalue weighted by Crippen LogP contribution is 2.35. The van der Waals surface area contributed by atoms with Gasteiger partial charge in [0.25, 0.3) is 5.91 Å². The summed E-state index contributed by atoms with van der Waals surface area (Å²) in [5.41, 5.74) is 10.4. The van der Waals surface area contributed by atoms with Gasteiger partial charge in [-0.1, -0.05) is 13.3 Å². The lowest BCUT2D eigenvalue weighted by Crippen LogP contribution is -2.13. The predicted molar refractivity (Wildman–Crippen MR) is 91.3 cm³/mol. The summed E-state index contributed by atoms with van der Waals surface area (Å²) < 4.78 is 2.17. The summed E-state index contributed by atoms with van der Waals surface area (Å²) in [7, 11) is 0. The highest BCUT2D eigenvalue weighted by molar-refractivity contribution is 7.08. The molecule has 0 atom stereocenters. The number of nitrogens with two attached hydrogens (primary N) is 1. The van der Waals surface area contributed by atoms with Crippen LogP contribution in [0.4, 0.5) is 0 Å². The molecule has 0 aliphatic rings. The van der Waals surface area contributed by atoms with E-state index in [1.807, 2.05) is 18.4 Å². The molecule has 0 saturated heterocycles. The molecule has 2 heterocycles. The zero-order chi connectivity index (χ0) is 16.1. The highest BCUT2D eigenvalue weighted by Gasteiger charge is 2.24. The standard InChI is InChI=1S/C17H24N2O2S/c1-3-4-6-14-16(13-7-10-22-11-13)15(17(18)21)12(2)19(14)8-5-9-20/h7,10-11,20H,3-6,8-9H2,1-2H3,(H2,18,21). The van der Waals surface area contributed by atoms with Crippen LogP contribution in [0.25, 0.3) is 11.1 Å². The molecule has 2 rings (SSSR count). The molecular formula is C17H24N2O2S. The van der Waals surface area contributed by atoms with Gasteiger partial charge in [-0.3, -0.25) is 4.79 Å². The van der Waals surface area contributed by atoms with E-state index in [9.17, 15) is 4.79 Å². The summed E-state index contributed by atoms with van der Waals surface area (Å²) in [6.07, 6.45) is 3.76. The zero-order valence-corrected chi connectivity index (χ0v) is 14.1. The van der Waals surface area contributed by atoms with Crippen LogP contribution >= 0.6 is 11.3 Å². The summed E-state index contributed by atoms with van der Waals surface area (Å²) in [5.74, 6) is -0.376. The molecule has 4 nitrogen and oxygen atoms in total. The average molecular weight is 320 g/mol. The number of hydrogen-bond acceptors (Lipinski definition) is 3. The number of primary amides is 1. The minimum Gasteiger partial charge on any atom is -0.396 e. The van der Waals surface area contributed by atoms with E-state index >= 15 is 0 Å². The minimum absolute atomic E-state index is 0.143. The number of aliphatic hydroxyl groups excluding tert-OH is 1. The second kappa shape index (κ2) is 7.61. The lowest BCUT2D eigenvalue weighted by atomic mass is 10.00. The van der Waals surface area contributed by atoms with E-state index < -0.39 is 0 Å². The smallest absolute Gasteiger partial charge is 0.251 e. The molecule has 2 aromatic heterocycles. The van der Waals surface area contributed by atoms with Gasteiger partial charge in [0.05, 0.1) is 5.56 Å². The second-order valence-electron chi connectivity index (χ2n) is 5.49. The van der Waals surface area contributed by atoms with Gasteiger partial charge in [0.15, 0.2) is 0 Å². The summed E-state index contributed by atoms with van der Waals surface area (Å²) in [4.78, 5) is 12.0. The first-order chi connectivity index (χ1) is 10.6. The van der Waals surface area contributed by atoms with Crippen LogP contribution in [0.1, 0.15) is 47.9 Å². The first-order valence-electron chi connectivity index (χ1n) is 7.77.